The van der Waals surface area contributed by atoms with Crippen molar-refractivity contribution >= 4 is 22.9 Å². The van der Waals surface area contributed by atoms with Gasteiger partial charge in [-0.25, -0.2) is 0 Å². The molecule has 1 heterocycles. The monoisotopic (exact) mass is 693 g/mol. The summed E-state index contributed by atoms with van der Waals surface area (Å²) in [6.07, 6.45) is 14.6. The van der Waals surface area contributed by atoms with E-state index in [4.69, 9.17) is 4.99 Å². The van der Waals surface area contributed by atoms with Gasteiger partial charge in [0, 0.05) is 22.8 Å². The Morgan fingerprint density at radius 3 is 1.91 bits per heavy atom. The van der Waals surface area contributed by atoms with Crippen molar-refractivity contribution in [1.82, 2.24) is 5.32 Å². The second kappa shape index (κ2) is 14.7. The molecule has 2 atom stereocenters. The molecule has 0 amide bonds. The third kappa shape index (κ3) is 6.44. The number of nitriles is 1. The first-order valence-corrected chi connectivity index (χ1v) is 18.8. The molecule has 54 heavy (non-hydrogen) atoms. The van der Waals surface area contributed by atoms with Crippen LogP contribution in [0.2, 0.25) is 0 Å². The molecule has 3 nitrogen and oxygen atoms in total. The third-order valence-electron chi connectivity index (χ3n) is 10.8. The summed E-state index contributed by atoms with van der Waals surface area (Å²) in [6, 6.07) is 55.4. The normalized spacial score (nSPS) is 17.5. The van der Waals surface area contributed by atoms with Crippen molar-refractivity contribution in [3.63, 3.8) is 0 Å². The minimum absolute atomic E-state index is 0.157. The summed E-state index contributed by atoms with van der Waals surface area (Å²) in [4.78, 5) is 5.39. The van der Waals surface area contributed by atoms with E-state index in [0.29, 0.717) is 5.56 Å². The van der Waals surface area contributed by atoms with Gasteiger partial charge >= 0.3 is 0 Å². The van der Waals surface area contributed by atoms with Crippen LogP contribution in [-0.2, 0) is 6.42 Å². The second-order valence-corrected chi connectivity index (χ2v) is 14.1. The predicted molar refractivity (Wildman–Crippen MR) is 223 cm³/mol. The van der Waals surface area contributed by atoms with E-state index in [0.717, 1.165) is 58.4 Å². The Bertz CT molecular complexity index is 2510. The third-order valence-corrected chi connectivity index (χ3v) is 10.8. The van der Waals surface area contributed by atoms with E-state index >= 15 is 0 Å². The molecule has 0 radical (unpaired) electrons. The van der Waals surface area contributed by atoms with Crippen LogP contribution in [0, 0.1) is 17.2 Å². The first-order valence-electron chi connectivity index (χ1n) is 18.8. The molecule has 0 bridgehead atoms. The zero-order chi connectivity index (χ0) is 36.3. The minimum atomic E-state index is -0.189. The zero-order valence-electron chi connectivity index (χ0n) is 30.0. The van der Waals surface area contributed by atoms with Gasteiger partial charge in [0.1, 0.15) is 6.17 Å². The number of aliphatic imine (C=N–C) groups is 1. The van der Waals surface area contributed by atoms with Gasteiger partial charge in [-0.05, 0) is 87.0 Å². The molecule has 1 aliphatic heterocycles. The van der Waals surface area contributed by atoms with Gasteiger partial charge in [-0.15, -0.1) is 0 Å². The van der Waals surface area contributed by atoms with E-state index in [2.05, 4.69) is 169 Å². The van der Waals surface area contributed by atoms with Crippen LogP contribution in [0.25, 0.3) is 39.5 Å². The molecule has 9 rings (SSSR count). The molecule has 2 aliphatic carbocycles. The van der Waals surface area contributed by atoms with Gasteiger partial charge in [0.25, 0.3) is 0 Å². The van der Waals surface area contributed by atoms with E-state index in [1.807, 2.05) is 24.3 Å². The van der Waals surface area contributed by atoms with Crippen LogP contribution in [-0.4, -0.2) is 5.71 Å². The Labute approximate surface area is 317 Å². The molecule has 0 saturated heterocycles. The molecule has 0 spiro atoms. The Hall–Kier alpha value is -6.76. The van der Waals surface area contributed by atoms with Gasteiger partial charge in [0.15, 0.2) is 0 Å². The van der Waals surface area contributed by atoms with Crippen LogP contribution in [0.5, 0.6) is 0 Å². The van der Waals surface area contributed by atoms with E-state index in [9.17, 15) is 5.26 Å². The Morgan fingerprint density at radius 1 is 0.611 bits per heavy atom. The summed E-state index contributed by atoms with van der Waals surface area (Å²) in [7, 11) is 0. The summed E-state index contributed by atoms with van der Waals surface area (Å²) in [6.45, 7) is 0. The topological polar surface area (TPSA) is 48.2 Å². The largest absolute Gasteiger partial charge is 0.362 e. The van der Waals surface area contributed by atoms with Crippen molar-refractivity contribution in [3.8, 4) is 28.3 Å². The molecular weight excluding hydrogens is 655 g/mol. The lowest BCUT2D eigenvalue weighted by Crippen LogP contribution is -2.32. The smallest absolute Gasteiger partial charge is 0.145 e. The molecule has 258 valence electrons. The number of allylic oxidation sites excluding steroid dienone is 6. The van der Waals surface area contributed by atoms with Crippen LogP contribution in [0.15, 0.2) is 187 Å². The molecular formula is C51H39N3. The molecule has 0 fully saturated rings. The SMILES string of the molecule is N#Cc1ccc(-c2ccc(-c3ccc(C4=CCC(C5=C(c6ccccc6)C(c6ccccc6)=NC(c6ccccc6)N5)C=C4)c4c3CCC=C4)cc2)cc1. The quantitative estimate of drug-likeness (QED) is 0.181. The average molecular weight is 694 g/mol. The molecule has 1 N–H and O–H groups in total. The number of hydrogen-bond acceptors (Lipinski definition) is 3. The van der Waals surface area contributed by atoms with Gasteiger partial charge in [0.2, 0.25) is 0 Å². The summed E-state index contributed by atoms with van der Waals surface area (Å²) >= 11 is 0. The first-order chi connectivity index (χ1) is 26.7. The van der Waals surface area contributed by atoms with E-state index < -0.39 is 0 Å². The maximum absolute atomic E-state index is 9.19. The Kier molecular flexibility index (Phi) is 9.01. The molecule has 0 aromatic heterocycles. The summed E-state index contributed by atoms with van der Waals surface area (Å²) < 4.78 is 0. The highest BCUT2D eigenvalue weighted by Gasteiger charge is 2.30. The second-order valence-electron chi connectivity index (χ2n) is 14.1. The van der Waals surface area contributed by atoms with Crippen LogP contribution >= 0.6 is 0 Å². The summed E-state index contributed by atoms with van der Waals surface area (Å²) in [5.41, 5.74) is 17.6. The molecule has 0 saturated carbocycles. The molecule has 6 aromatic carbocycles. The predicted octanol–water partition coefficient (Wildman–Crippen LogP) is 12.0. The molecule has 3 aliphatic rings. The summed E-state index contributed by atoms with van der Waals surface area (Å²) in [5, 5.41) is 13.1. The fourth-order valence-electron chi connectivity index (χ4n) is 8.06. The van der Waals surface area contributed by atoms with Gasteiger partial charge in [-0.2, -0.15) is 5.26 Å². The number of benzene rings is 6. The first kappa shape index (κ1) is 33.1. The highest BCUT2D eigenvalue weighted by molar-refractivity contribution is 6.33. The van der Waals surface area contributed by atoms with Gasteiger partial charge in [-0.1, -0.05) is 170 Å². The Morgan fingerprint density at radius 2 is 1.24 bits per heavy atom. The van der Waals surface area contributed by atoms with Crippen molar-refractivity contribution in [2.45, 2.75) is 25.4 Å². The lowest BCUT2D eigenvalue weighted by Gasteiger charge is -2.33. The van der Waals surface area contributed by atoms with Gasteiger partial charge in [-0.3, -0.25) is 4.99 Å². The van der Waals surface area contributed by atoms with Crippen LogP contribution in [0.1, 0.15) is 58.0 Å². The Balaban J connectivity index is 1.06. The zero-order valence-corrected chi connectivity index (χ0v) is 30.0. The molecule has 2 unspecified atom stereocenters. The maximum atomic E-state index is 9.19. The number of fused-ring (bicyclic) bond motifs is 1. The number of hydrogen-bond donors (Lipinski definition) is 1. The van der Waals surface area contributed by atoms with E-state index in [-0.39, 0.29) is 12.1 Å². The summed E-state index contributed by atoms with van der Waals surface area (Å²) in [5.74, 6) is 0.157. The highest BCUT2D eigenvalue weighted by Crippen LogP contribution is 2.41. The fraction of sp³-hybridized carbons (Fsp3) is 0.0980. The number of rotatable bonds is 7. The van der Waals surface area contributed by atoms with E-state index in [1.54, 1.807) is 0 Å². The molecule has 3 heteroatoms. The number of nitrogens with one attached hydrogen (secondary N) is 1. The average Bonchev–Trinajstić information content (AvgIpc) is 3.26. The van der Waals surface area contributed by atoms with Crippen molar-refractivity contribution in [2.75, 3.05) is 0 Å². The fourth-order valence-corrected chi connectivity index (χ4v) is 8.06. The highest BCUT2D eigenvalue weighted by atomic mass is 15.1. The van der Waals surface area contributed by atoms with Gasteiger partial charge in [0.05, 0.1) is 17.3 Å². The maximum Gasteiger partial charge on any atom is 0.145 e. The lowest BCUT2D eigenvalue weighted by molar-refractivity contribution is 0.563. The standard InChI is InChI=1S/C51H39N3/c52-34-35-20-22-36(23-21-35)37-24-26-38(27-25-37)44-32-33-45(47-19-11-10-18-46(44)47)39-28-30-42(31-29-39)50-48(40-12-4-1-5-13-40)49(41-14-6-2-7-15-41)53-51(54-50)43-16-8-3-9-17-43/h1-9,11-17,19-30,32-33,42,51,54H,10,18,31H2. The number of nitrogens with zero attached hydrogens (tertiary/aromatic N) is 2. The van der Waals surface area contributed by atoms with Crippen LogP contribution in [0.4, 0.5) is 0 Å². The lowest BCUT2D eigenvalue weighted by atomic mass is 9.81. The molecule has 6 aromatic rings. The van der Waals surface area contributed by atoms with Gasteiger partial charge < -0.3 is 5.32 Å². The van der Waals surface area contributed by atoms with Crippen LogP contribution < -0.4 is 5.32 Å². The van der Waals surface area contributed by atoms with Crippen molar-refractivity contribution in [2.24, 2.45) is 10.9 Å². The minimum Gasteiger partial charge on any atom is -0.362 e. The van der Waals surface area contributed by atoms with Crippen molar-refractivity contribution < 1.29 is 0 Å². The van der Waals surface area contributed by atoms with Crippen molar-refractivity contribution in [1.29, 1.82) is 5.26 Å². The van der Waals surface area contributed by atoms with E-state index in [1.165, 1.54) is 39.1 Å². The van der Waals surface area contributed by atoms with Crippen molar-refractivity contribution in [3.05, 3.63) is 221 Å². The van der Waals surface area contributed by atoms with Crippen LogP contribution in [0.3, 0.4) is 0 Å².